The van der Waals surface area contributed by atoms with Gasteiger partial charge >= 0.3 is 0 Å². The van der Waals surface area contributed by atoms with Crippen LogP contribution in [0, 0.1) is 0 Å². The van der Waals surface area contributed by atoms with Gasteiger partial charge in [-0.15, -0.1) is 6.58 Å². The van der Waals surface area contributed by atoms with Crippen LogP contribution in [-0.4, -0.2) is 4.98 Å². The molecule has 18 heavy (non-hydrogen) atoms. The number of nitrogens with zero attached hydrogens (tertiary/aromatic N) is 1. The molecular weight excluding hydrogens is 218 g/mol. The summed E-state index contributed by atoms with van der Waals surface area (Å²) in [7, 11) is 0. The van der Waals surface area contributed by atoms with Gasteiger partial charge < -0.3 is 0 Å². The number of fused-ring (bicyclic) bond motifs is 2. The van der Waals surface area contributed by atoms with Crippen LogP contribution in [-0.2, 0) is 0 Å². The second-order valence-corrected chi connectivity index (χ2v) is 4.58. The lowest BCUT2D eigenvalue weighted by Crippen LogP contribution is -1.95. The Kier molecular flexibility index (Phi) is 2.60. The van der Waals surface area contributed by atoms with Crippen molar-refractivity contribution >= 4 is 21.8 Å². The van der Waals surface area contributed by atoms with Gasteiger partial charge in [0.25, 0.3) is 0 Å². The highest BCUT2D eigenvalue weighted by Gasteiger charge is 2.11. The Bertz CT molecular complexity index is 674. The minimum absolute atomic E-state index is 0.322. The number of hydrogen-bond donors (Lipinski definition) is 0. The Morgan fingerprint density at radius 1 is 0.944 bits per heavy atom. The van der Waals surface area contributed by atoms with Gasteiger partial charge in [0.05, 0.1) is 11.0 Å². The van der Waals surface area contributed by atoms with Crippen LogP contribution >= 0.6 is 0 Å². The molecule has 0 saturated carbocycles. The van der Waals surface area contributed by atoms with E-state index in [2.05, 4.69) is 49.9 Å². The van der Waals surface area contributed by atoms with Gasteiger partial charge in [0.2, 0.25) is 0 Å². The van der Waals surface area contributed by atoms with Gasteiger partial charge in [0, 0.05) is 16.7 Å². The summed E-state index contributed by atoms with van der Waals surface area (Å²) in [6.45, 7) is 6.11. The first kappa shape index (κ1) is 11.0. The summed E-state index contributed by atoms with van der Waals surface area (Å²) in [4.78, 5) is 4.72. The zero-order valence-corrected chi connectivity index (χ0v) is 10.4. The van der Waals surface area contributed by atoms with Gasteiger partial charge in [-0.1, -0.05) is 49.4 Å². The number of aromatic nitrogens is 1. The molecule has 0 amide bonds. The fourth-order valence-corrected chi connectivity index (χ4v) is 2.48. The zero-order chi connectivity index (χ0) is 12.5. The first-order chi connectivity index (χ1) is 8.81. The summed E-state index contributed by atoms with van der Waals surface area (Å²) in [6, 6.07) is 16.6. The number of allylic oxidation sites excluding steroid dienone is 1. The van der Waals surface area contributed by atoms with E-state index in [0.29, 0.717) is 5.92 Å². The lowest BCUT2D eigenvalue weighted by molar-refractivity contribution is 0.994. The lowest BCUT2D eigenvalue weighted by atomic mass is 9.93. The fraction of sp³-hybridized carbons (Fsp3) is 0.118. The second kappa shape index (κ2) is 4.26. The summed E-state index contributed by atoms with van der Waals surface area (Å²) in [5, 5.41) is 2.45. The van der Waals surface area contributed by atoms with Crippen molar-refractivity contribution in [3.63, 3.8) is 0 Å². The van der Waals surface area contributed by atoms with E-state index in [0.717, 1.165) is 11.0 Å². The Labute approximate surface area is 107 Å². The second-order valence-electron chi connectivity index (χ2n) is 4.58. The zero-order valence-electron chi connectivity index (χ0n) is 10.4. The molecule has 0 bridgehead atoms. The van der Waals surface area contributed by atoms with Crippen LogP contribution in [0.1, 0.15) is 18.4 Å². The Balaban J connectivity index is 2.53. The van der Waals surface area contributed by atoms with Crippen LogP contribution in [0.2, 0.25) is 0 Å². The van der Waals surface area contributed by atoms with Crippen molar-refractivity contribution in [3.05, 3.63) is 66.7 Å². The van der Waals surface area contributed by atoms with E-state index in [4.69, 9.17) is 4.98 Å². The van der Waals surface area contributed by atoms with E-state index < -0.39 is 0 Å². The molecule has 0 aliphatic rings. The van der Waals surface area contributed by atoms with Crippen molar-refractivity contribution < 1.29 is 0 Å². The number of rotatable bonds is 2. The van der Waals surface area contributed by atoms with E-state index in [1.807, 2.05) is 18.2 Å². The largest absolute Gasteiger partial charge is 0.248 e. The van der Waals surface area contributed by atoms with Crippen molar-refractivity contribution in [2.75, 3.05) is 0 Å². The van der Waals surface area contributed by atoms with Crippen LogP contribution in [0.3, 0.4) is 0 Å². The first-order valence-corrected chi connectivity index (χ1v) is 6.21. The third-order valence-corrected chi connectivity index (χ3v) is 3.44. The quantitative estimate of drug-likeness (QED) is 0.462. The average Bonchev–Trinajstić information content (AvgIpc) is 2.44. The molecular formula is C17H15N. The molecule has 2 aromatic carbocycles. The third kappa shape index (κ3) is 1.60. The molecule has 1 heteroatoms. The Morgan fingerprint density at radius 3 is 1.94 bits per heavy atom. The highest BCUT2D eigenvalue weighted by molar-refractivity contribution is 5.98. The molecule has 0 fully saturated rings. The topological polar surface area (TPSA) is 12.9 Å². The smallest absolute Gasteiger partial charge is 0.0712 e. The average molecular weight is 233 g/mol. The number of benzene rings is 2. The van der Waals surface area contributed by atoms with E-state index in [-0.39, 0.29) is 0 Å². The summed E-state index contributed by atoms with van der Waals surface area (Å²) in [5.41, 5.74) is 3.44. The molecule has 0 aliphatic heterocycles. The maximum atomic E-state index is 4.72. The number of pyridine rings is 1. The van der Waals surface area contributed by atoms with Crippen molar-refractivity contribution in [1.29, 1.82) is 0 Å². The van der Waals surface area contributed by atoms with Crippen LogP contribution in [0.5, 0.6) is 0 Å². The van der Waals surface area contributed by atoms with E-state index in [1.165, 1.54) is 16.3 Å². The maximum Gasteiger partial charge on any atom is 0.0712 e. The van der Waals surface area contributed by atoms with Gasteiger partial charge in [-0.25, -0.2) is 4.98 Å². The van der Waals surface area contributed by atoms with Crippen LogP contribution in [0.25, 0.3) is 21.8 Å². The van der Waals surface area contributed by atoms with Gasteiger partial charge in [0.15, 0.2) is 0 Å². The molecule has 3 aromatic rings. The van der Waals surface area contributed by atoms with Crippen LogP contribution in [0.4, 0.5) is 0 Å². The van der Waals surface area contributed by atoms with Gasteiger partial charge in [-0.05, 0) is 17.7 Å². The molecule has 1 heterocycles. The molecule has 1 aromatic heterocycles. The van der Waals surface area contributed by atoms with Gasteiger partial charge in [0.1, 0.15) is 0 Å². The molecule has 88 valence electrons. The molecule has 0 N–H and O–H groups in total. The van der Waals surface area contributed by atoms with Crippen molar-refractivity contribution in [2.24, 2.45) is 0 Å². The van der Waals surface area contributed by atoms with Crippen molar-refractivity contribution in [3.8, 4) is 0 Å². The van der Waals surface area contributed by atoms with E-state index in [1.54, 1.807) is 0 Å². The normalized spacial score (nSPS) is 12.7. The molecule has 0 spiro atoms. The minimum Gasteiger partial charge on any atom is -0.248 e. The minimum atomic E-state index is 0.322. The predicted octanol–water partition coefficient (Wildman–Crippen LogP) is 4.68. The lowest BCUT2D eigenvalue weighted by Gasteiger charge is -2.14. The Morgan fingerprint density at radius 2 is 1.44 bits per heavy atom. The fourth-order valence-electron chi connectivity index (χ4n) is 2.48. The summed E-state index contributed by atoms with van der Waals surface area (Å²) in [6.07, 6.45) is 1.99. The third-order valence-electron chi connectivity index (χ3n) is 3.44. The molecule has 0 aliphatic carbocycles. The summed E-state index contributed by atoms with van der Waals surface area (Å²) < 4.78 is 0. The van der Waals surface area contributed by atoms with E-state index in [9.17, 15) is 0 Å². The highest BCUT2D eigenvalue weighted by Crippen LogP contribution is 2.32. The highest BCUT2D eigenvalue weighted by atomic mass is 14.7. The number of para-hydroxylation sites is 2. The van der Waals surface area contributed by atoms with Crippen molar-refractivity contribution in [1.82, 2.24) is 4.98 Å². The van der Waals surface area contributed by atoms with Crippen LogP contribution < -0.4 is 0 Å². The molecule has 1 nitrogen and oxygen atoms in total. The van der Waals surface area contributed by atoms with Gasteiger partial charge in [-0.3, -0.25) is 0 Å². The first-order valence-electron chi connectivity index (χ1n) is 6.21. The molecule has 3 rings (SSSR count). The summed E-state index contributed by atoms with van der Waals surface area (Å²) >= 11 is 0. The standard InChI is InChI=1S/C17H15N/c1-3-12(2)17-13-8-4-6-10-15(13)18-16-11-7-5-9-14(16)17/h3-12H,1H2,2H3. The monoisotopic (exact) mass is 233 g/mol. The van der Waals surface area contributed by atoms with E-state index >= 15 is 0 Å². The molecule has 1 atom stereocenters. The Hall–Kier alpha value is -2.15. The maximum absolute atomic E-state index is 4.72. The molecule has 0 radical (unpaired) electrons. The molecule has 1 unspecified atom stereocenters. The SMILES string of the molecule is C=CC(C)c1c2ccccc2nc2ccccc12. The molecule has 0 saturated heterocycles. The van der Waals surface area contributed by atoms with Crippen LogP contribution in [0.15, 0.2) is 61.2 Å². The van der Waals surface area contributed by atoms with Crippen molar-refractivity contribution in [2.45, 2.75) is 12.8 Å². The van der Waals surface area contributed by atoms with Gasteiger partial charge in [-0.2, -0.15) is 0 Å². The summed E-state index contributed by atoms with van der Waals surface area (Å²) in [5.74, 6) is 0.322. The predicted molar refractivity (Wildman–Crippen MR) is 77.9 cm³/mol. The number of hydrogen-bond acceptors (Lipinski definition) is 1.